The van der Waals surface area contributed by atoms with Crippen molar-refractivity contribution in [2.24, 2.45) is 0 Å². The number of benzene rings is 1. The van der Waals surface area contributed by atoms with Gasteiger partial charge in [0.25, 0.3) is 5.91 Å². The highest BCUT2D eigenvalue weighted by atomic mass is 19.1. The number of hydrogen-bond donors (Lipinski definition) is 1. The van der Waals surface area contributed by atoms with Crippen molar-refractivity contribution >= 4 is 28.6 Å². The summed E-state index contributed by atoms with van der Waals surface area (Å²) in [5.41, 5.74) is 3.11. The normalized spacial score (nSPS) is 21.1. The highest BCUT2D eigenvalue weighted by molar-refractivity contribution is 5.98. The number of halogens is 1. The Balaban J connectivity index is 1.10. The fraction of sp³-hybridized carbons (Fsp3) is 0.370. The van der Waals surface area contributed by atoms with E-state index in [0.29, 0.717) is 52.9 Å². The fourth-order valence-electron chi connectivity index (χ4n) is 5.55. The van der Waals surface area contributed by atoms with Gasteiger partial charge in [0.05, 0.1) is 18.9 Å². The van der Waals surface area contributed by atoms with Crippen molar-refractivity contribution in [2.75, 3.05) is 25.2 Å². The first kappa shape index (κ1) is 22.7. The van der Waals surface area contributed by atoms with Crippen LogP contribution in [0.15, 0.2) is 45.2 Å². The maximum absolute atomic E-state index is 13.8. The Morgan fingerprint density at radius 1 is 1.19 bits per heavy atom. The molecule has 2 aliphatic carbocycles. The fourth-order valence-corrected chi connectivity index (χ4v) is 5.55. The lowest BCUT2D eigenvalue weighted by Crippen LogP contribution is -2.49. The first-order valence-corrected chi connectivity index (χ1v) is 12.2. The molecule has 9 heteroatoms. The highest BCUT2D eigenvalue weighted by Crippen LogP contribution is 2.37. The van der Waals surface area contributed by atoms with Crippen LogP contribution < -0.4 is 25.3 Å². The van der Waals surface area contributed by atoms with E-state index >= 15 is 0 Å². The van der Waals surface area contributed by atoms with E-state index in [2.05, 4.69) is 10.3 Å². The summed E-state index contributed by atoms with van der Waals surface area (Å²) in [6, 6.07) is 6.42. The number of anilines is 1. The van der Waals surface area contributed by atoms with Gasteiger partial charge >= 0.3 is 5.63 Å². The zero-order valence-electron chi connectivity index (χ0n) is 19.9. The third-order valence-electron chi connectivity index (χ3n) is 7.35. The summed E-state index contributed by atoms with van der Waals surface area (Å²) in [6.07, 6.45) is 7.59. The minimum absolute atomic E-state index is 0.00814. The van der Waals surface area contributed by atoms with Gasteiger partial charge < -0.3 is 24.1 Å². The Morgan fingerprint density at radius 2 is 2.03 bits per heavy atom. The number of nitrogens with one attached hydrogen (secondary N) is 1. The van der Waals surface area contributed by atoms with Gasteiger partial charge in [-0.3, -0.25) is 4.79 Å². The molecular formula is C27H26FN3O5. The molecule has 0 spiro atoms. The topological polar surface area (TPSA) is 93.9 Å². The van der Waals surface area contributed by atoms with E-state index in [1.165, 1.54) is 18.2 Å². The summed E-state index contributed by atoms with van der Waals surface area (Å²) in [6.45, 7) is 0.631. The molecule has 1 saturated carbocycles. The minimum Gasteiger partial charge on any atom is -0.495 e. The second kappa shape index (κ2) is 9.05. The molecular weight excluding hydrogens is 465 g/mol. The number of aromatic nitrogens is 1. The third-order valence-corrected chi connectivity index (χ3v) is 7.35. The van der Waals surface area contributed by atoms with Gasteiger partial charge in [0.2, 0.25) is 5.88 Å². The smallest absolute Gasteiger partial charge is 0.343 e. The van der Waals surface area contributed by atoms with Crippen LogP contribution in [0, 0.1) is 5.82 Å². The van der Waals surface area contributed by atoms with E-state index in [1.807, 2.05) is 11.0 Å². The van der Waals surface area contributed by atoms with E-state index in [0.717, 1.165) is 36.8 Å². The number of ether oxygens (including phenoxy) is 2. The molecule has 186 valence electrons. The molecule has 1 aliphatic heterocycles. The molecule has 1 amide bonds. The molecule has 0 atom stereocenters. The summed E-state index contributed by atoms with van der Waals surface area (Å²) in [7, 11) is 1.57. The molecule has 1 N–H and O–H groups in total. The molecule has 0 saturated heterocycles. The highest BCUT2D eigenvalue weighted by Gasteiger charge is 2.35. The van der Waals surface area contributed by atoms with Gasteiger partial charge in [-0.15, -0.1) is 0 Å². The van der Waals surface area contributed by atoms with E-state index < -0.39 is 0 Å². The number of hydrogen-bond acceptors (Lipinski definition) is 7. The molecule has 3 heterocycles. The van der Waals surface area contributed by atoms with Gasteiger partial charge in [0.15, 0.2) is 6.61 Å². The van der Waals surface area contributed by atoms with Crippen LogP contribution in [0.2, 0.25) is 0 Å². The molecule has 0 unspecified atom stereocenters. The Labute approximate surface area is 206 Å². The molecule has 36 heavy (non-hydrogen) atoms. The molecule has 8 nitrogen and oxygen atoms in total. The molecule has 6 rings (SSSR count). The van der Waals surface area contributed by atoms with E-state index in [9.17, 15) is 14.0 Å². The van der Waals surface area contributed by atoms with Crippen LogP contribution in [-0.2, 0) is 11.2 Å². The van der Waals surface area contributed by atoms with Crippen molar-refractivity contribution in [3.63, 3.8) is 0 Å². The summed E-state index contributed by atoms with van der Waals surface area (Å²) in [5.74, 6) is 0.630. The number of carbonyl (C=O) groups is 1. The number of methoxy groups -OCH3 is 1. The number of amides is 1. The number of fused-ring (bicyclic) bond motifs is 4. The van der Waals surface area contributed by atoms with E-state index in [1.54, 1.807) is 19.4 Å². The number of nitrogens with zero attached hydrogens (tertiary/aromatic N) is 2. The SMILES string of the molecule is COc1cnc2c(c1)N(C1CCC(NCC3=Cc4c(c5cc(F)ccc5oc4=O)C3)CC1)C(=O)CO2. The molecule has 2 aromatic heterocycles. The van der Waals surface area contributed by atoms with Crippen molar-refractivity contribution in [3.05, 3.63) is 63.4 Å². The largest absolute Gasteiger partial charge is 0.495 e. The first-order chi connectivity index (χ1) is 17.5. The number of carbonyl (C=O) groups excluding carboxylic acids is 1. The molecule has 1 aromatic carbocycles. The zero-order valence-corrected chi connectivity index (χ0v) is 19.9. The van der Waals surface area contributed by atoms with Crippen molar-refractivity contribution < 1.29 is 23.1 Å². The third kappa shape index (κ3) is 4.03. The summed E-state index contributed by atoms with van der Waals surface area (Å²) >= 11 is 0. The van der Waals surface area contributed by atoms with Gasteiger partial charge in [0, 0.05) is 30.1 Å². The second-order valence-electron chi connectivity index (χ2n) is 9.54. The lowest BCUT2D eigenvalue weighted by atomic mass is 9.89. The molecule has 3 aromatic rings. The standard InChI is InChI=1S/C27H26FN3O5/c1-34-19-11-23-26(30-13-19)35-14-25(32)31(23)18-5-3-17(4-6-18)29-12-15-8-20-21-10-16(28)2-7-24(21)36-27(33)22(20)9-15/h2,7,9-11,13,17-18,29H,3-6,8,12,14H2,1H3. The Bertz CT molecular complexity index is 1440. The van der Waals surface area contributed by atoms with Crippen LogP contribution in [-0.4, -0.2) is 43.2 Å². The first-order valence-electron chi connectivity index (χ1n) is 12.2. The predicted molar refractivity (Wildman–Crippen MR) is 132 cm³/mol. The van der Waals surface area contributed by atoms with Gasteiger partial charge in [-0.05, 0) is 61.9 Å². The lowest BCUT2D eigenvalue weighted by molar-refractivity contribution is -0.122. The van der Waals surface area contributed by atoms with Crippen molar-refractivity contribution in [1.82, 2.24) is 10.3 Å². The molecule has 1 fully saturated rings. The van der Waals surface area contributed by atoms with E-state index in [4.69, 9.17) is 13.9 Å². The number of rotatable bonds is 5. The van der Waals surface area contributed by atoms with Crippen molar-refractivity contribution in [1.29, 1.82) is 0 Å². The van der Waals surface area contributed by atoms with Gasteiger partial charge in [-0.2, -0.15) is 0 Å². The van der Waals surface area contributed by atoms with Crippen LogP contribution in [0.25, 0.3) is 17.0 Å². The van der Waals surface area contributed by atoms with Crippen LogP contribution >= 0.6 is 0 Å². The predicted octanol–water partition coefficient (Wildman–Crippen LogP) is 3.60. The maximum Gasteiger partial charge on any atom is 0.343 e. The number of pyridine rings is 1. The van der Waals surface area contributed by atoms with Crippen molar-refractivity contribution in [3.8, 4) is 11.6 Å². The summed E-state index contributed by atoms with van der Waals surface area (Å²) in [5, 5.41) is 4.26. The Morgan fingerprint density at radius 3 is 2.83 bits per heavy atom. The van der Waals surface area contributed by atoms with Crippen LogP contribution in [0.3, 0.4) is 0 Å². The van der Waals surface area contributed by atoms with Crippen LogP contribution in [0.1, 0.15) is 36.8 Å². The van der Waals surface area contributed by atoms with E-state index in [-0.39, 0.29) is 30.0 Å². The Hall–Kier alpha value is -3.72. The lowest BCUT2D eigenvalue weighted by Gasteiger charge is -2.39. The molecule has 0 bridgehead atoms. The minimum atomic E-state index is -0.388. The average Bonchev–Trinajstić information content (AvgIpc) is 3.33. The molecule has 0 radical (unpaired) electrons. The van der Waals surface area contributed by atoms with Gasteiger partial charge in [0.1, 0.15) is 22.8 Å². The second-order valence-corrected chi connectivity index (χ2v) is 9.54. The monoisotopic (exact) mass is 491 g/mol. The van der Waals surface area contributed by atoms with Gasteiger partial charge in [-0.1, -0.05) is 5.57 Å². The van der Waals surface area contributed by atoms with Crippen molar-refractivity contribution in [2.45, 2.75) is 44.2 Å². The zero-order chi connectivity index (χ0) is 24.8. The van der Waals surface area contributed by atoms with Crippen LogP contribution in [0.4, 0.5) is 10.1 Å². The quantitative estimate of drug-likeness (QED) is 0.545. The summed E-state index contributed by atoms with van der Waals surface area (Å²) < 4.78 is 30.0. The summed E-state index contributed by atoms with van der Waals surface area (Å²) in [4.78, 5) is 31.3. The van der Waals surface area contributed by atoms with Crippen LogP contribution in [0.5, 0.6) is 11.6 Å². The maximum atomic E-state index is 13.8. The molecule has 3 aliphatic rings. The Kier molecular flexibility index (Phi) is 5.72. The van der Waals surface area contributed by atoms with Gasteiger partial charge in [-0.25, -0.2) is 14.2 Å². The average molecular weight is 492 g/mol.